The van der Waals surface area contributed by atoms with Crippen LogP contribution in [0.4, 0.5) is 26.6 Å². The molecule has 2 amide bonds. The van der Waals surface area contributed by atoms with Crippen LogP contribution in [0, 0.1) is 12.7 Å². The van der Waals surface area contributed by atoms with E-state index in [4.69, 9.17) is 11.6 Å². The van der Waals surface area contributed by atoms with E-state index in [1.165, 1.54) is 17.0 Å². The van der Waals surface area contributed by atoms with E-state index in [1.807, 2.05) is 0 Å². The largest absolute Gasteiger partial charge is 0.394 e. The predicted octanol–water partition coefficient (Wildman–Crippen LogP) is 4.79. The van der Waals surface area contributed by atoms with Crippen molar-refractivity contribution in [2.45, 2.75) is 32.9 Å². The molecular weight excluding hydrogens is 433 g/mol. The van der Waals surface area contributed by atoms with Gasteiger partial charge >= 0.3 is 6.03 Å². The third-order valence-electron chi connectivity index (χ3n) is 5.20. The molecule has 0 fully saturated rings. The number of fused-ring (bicyclic) bond motifs is 1. The fourth-order valence-corrected chi connectivity index (χ4v) is 3.75. The molecule has 0 atom stereocenters. The van der Waals surface area contributed by atoms with Gasteiger partial charge in [0.2, 0.25) is 5.95 Å². The van der Waals surface area contributed by atoms with Crippen LogP contribution in [0.1, 0.15) is 25.0 Å². The first-order valence-corrected chi connectivity index (χ1v) is 10.5. The van der Waals surface area contributed by atoms with E-state index in [9.17, 15) is 14.3 Å². The summed E-state index contributed by atoms with van der Waals surface area (Å²) in [6.45, 7) is 5.44. The molecule has 7 nitrogen and oxygen atoms in total. The molecule has 0 aliphatic carbocycles. The maximum Gasteiger partial charge on any atom is 0.328 e. The summed E-state index contributed by atoms with van der Waals surface area (Å²) >= 11 is 6.40. The molecule has 166 valence electrons. The van der Waals surface area contributed by atoms with Crippen molar-refractivity contribution in [1.29, 1.82) is 0 Å². The number of rotatable bonds is 5. The highest BCUT2D eigenvalue weighted by Crippen LogP contribution is 2.39. The number of hydrogen-bond donors (Lipinski definition) is 3. The summed E-state index contributed by atoms with van der Waals surface area (Å²) in [4.78, 5) is 23.6. The van der Waals surface area contributed by atoms with Crippen LogP contribution < -0.4 is 15.5 Å². The minimum atomic E-state index is -0.713. The Hall–Kier alpha value is -3.23. The van der Waals surface area contributed by atoms with Gasteiger partial charge in [-0.3, -0.25) is 0 Å². The second-order valence-corrected chi connectivity index (χ2v) is 8.68. The summed E-state index contributed by atoms with van der Waals surface area (Å²) in [5.41, 5.74) is 2.40. The van der Waals surface area contributed by atoms with E-state index in [2.05, 4.69) is 20.6 Å². The molecule has 0 spiro atoms. The van der Waals surface area contributed by atoms with Crippen LogP contribution in [0.3, 0.4) is 0 Å². The summed E-state index contributed by atoms with van der Waals surface area (Å²) in [6, 6.07) is 11.1. The molecule has 3 aromatic rings. The van der Waals surface area contributed by atoms with Crippen molar-refractivity contribution in [2.75, 3.05) is 16.8 Å². The van der Waals surface area contributed by atoms with E-state index in [0.717, 1.165) is 0 Å². The van der Waals surface area contributed by atoms with E-state index in [-0.39, 0.29) is 30.9 Å². The first-order chi connectivity index (χ1) is 15.2. The Bertz CT molecular complexity index is 1200. The van der Waals surface area contributed by atoms with Crippen molar-refractivity contribution in [3.63, 3.8) is 0 Å². The molecule has 2 aromatic carbocycles. The molecule has 0 saturated heterocycles. The third-order valence-corrected chi connectivity index (χ3v) is 5.52. The Morgan fingerprint density at radius 3 is 2.69 bits per heavy atom. The normalized spacial score (nSPS) is 13.6. The summed E-state index contributed by atoms with van der Waals surface area (Å²) in [6.07, 6.45) is 0. The SMILES string of the molecule is Cc1cc(F)ccc1-c1nc(NC(C)(C)CO)nc2c1CNC(=O)N2c1ccccc1Cl. The van der Waals surface area contributed by atoms with Crippen LogP contribution in [0.2, 0.25) is 5.02 Å². The van der Waals surface area contributed by atoms with Crippen LogP contribution in [0.5, 0.6) is 0 Å². The minimum absolute atomic E-state index is 0.160. The molecule has 0 unspecified atom stereocenters. The molecule has 3 N–H and O–H groups in total. The second-order valence-electron chi connectivity index (χ2n) is 8.27. The quantitative estimate of drug-likeness (QED) is 0.514. The van der Waals surface area contributed by atoms with Gasteiger partial charge in [-0.1, -0.05) is 23.7 Å². The molecule has 4 rings (SSSR count). The van der Waals surface area contributed by atoms with Crippen molar-refractivity contribution < 1.29 is 14.3 Å². The van der Waals surface area contributed by atoms with Gasteiger partial charge in [-0.25, -0.2) is 19.1 Å². The van der Waals surface area contributed by atoms with Gasteiger partial charge in [0.05, 0.1) is 35.1 Å². The summed E-state index contributed by atoms with van der Waals surface area (Å²) in [5, 5.41) is 16.1. The van der Waals surface area contributed by atoms with Crippen LogP contribution in [-0.2, 0) is 6.54 Å². The number of halogens is 2. The van der Waals surface area contributed by atoms with Gasteiger partial charge in [0.15, 0.2) is 5.82 Å². The van der Waals surface area contributed by atoms with E-state index < -0.39 is 5.54 Å². The predicted molar refractivity (Wildman–Crippen MR) is 123 cm³/mol. The first kappa shape index (κ1) is 22.0. The summed E-state index contributed by atoms with van der Waals surface area (Å²) in [7, 11) is 0. The molecule has 1 aromatic heterocycles. The zero-order valence-electron chi connectivity index (χ0n) is 17.9. The Balaban J connectivity index is 1.98. The van der Waals surface area contributed by atoms with E-state index >= 15 is 0 Å². The van der Waals surface area contributed by atoms with Gasteiger partial charge in [0, 0.05) is 11.1 Å². The highest BCUT2D eigenvalue weighted by atomic mass is 35.5. The zero-order chi connectivity index (χ0) is 23.0. The van der Waals surface area contributed by atoms with Gasteiger partial charge in [-0.15, -0.1) is 0 Å². The number of anilines is 3. The summed E-state index contributed by atoms with van der Waals surface area (Å²) < 4.78 is 13.8. The standard InChI is InChI=1S/C23H23ClFN5O2/c1-13-10-14(25)8-9-15(13)19-16-11-26-22(32)30(18-7-5-4-6-17(18)24)20(16)28-21(27-19)29-23(2,3)12-31/h4-10,31H,11-12H2,1-3H3,(H,26,32)(H,27,28,29). The number of hydrogen-bond acceptors (Lipinski definition) is 5. The molecule has 9 heteroatoms. The Kier molecular flexibility index (Phi) is 5.75. The lowest BCUT2D eigenvalue weighted by Crippen LogP contribution is -2.43. The van der Waals surface area contributed by atoms with Crippen molar-refractivity contribution >= 4 is 35.1 Å². The van der Waals surface area contributed by atoms with Crippen molar-refractivity contribution in [3.05, 3.63) is 64.4 Å². The van der Waals surface area contributed by atoms with Crippen LogP contribution in [0.15, 0.2) is 42.5 Å². The number of para-hydroxylation sites is 1. The highest BCUT2D eigenvalue weighted by Gasteiger charge is 2.32. The number of aryl methyl sites for hydroxylation is 1. The van der Waals surface area contributed by atoms with E-state index in [0.29, 0.717) is 38.9 Å². The van der Waals surface area contributed by atoms with Gasteiger partial charge in [-0.05, 0) is 56.7 Å². The number of amides is 2. The van der Waals surface area contributed by atoms with Crippen molar-refractivity contribution in [3.8, 4) is 11.3 Å². The molecule has 1 aliphatic heterocycles. The maximum absolute atomic E-state index is 13.8. The smallest absolute Gasteiger partial charge is 0.328 e. The number of urea groups is 1. The number of aromatic nitrogens is 2. The highest BCUT2D eigenvalue weighted by molar-refractivity contribution is 6.34. The fourth-order valence-electron chi connectivity index (χ4n) is 3.53. The van der Waals surface area contributed by atoms with Crippen LogP contribution in [0.25, 0.3) is 11.3 Å². The van der Waals surface area contributed by atoms with Crippen LogP contribution in [-0.4, -0.2) is 33.3 Å². The van der Waals surface area contributed by atoms with E-state index in [1.54, 1.807) is 51.1 Å². The van der Waals surface area contributed by atoms with Crippen LogP contribution >= 0.6 is 11.6 Å². The lowest BCUT2D eigenvalue weighted by Gasteiger charge is -2.32. The summed E-state index contributed by atoms with van der Waals surface area (Å²) in [5.74, 6) is 0.250. The minimum Gasteiger partial charge on any atom is -0.394 e. The molecule has 2 heterocycles. The van der Waals surface area contributed by atoms with Crippen molar-refractivity contribution in [2.24, 2.45) is 0 Å². The molecule has 0 saturated carbocycles. The number of carbonyl (C=O) groups excluding carboxylic acids is 1. The molecule has 1 aliphatic rings. The molecule has 0 bridgehead atoms. The lowest BCUT2D eigenvalue weighted by molar-refractivity contribution is 0.233. The zero-order valence-corrected chi connectivity index (χ0v) is 18.7. The number of benzene rings is 2. The first-order valence-electron chi connectivity index (χ1n) is 10.1. The average molecular weight is 456 g/mol. The monoisotopic (exact) mass is 455 g/mol. The topological polar surface area (TPSA) is 90.4 Å². The Morgan fingerprint density at radius 1 is 1.25 bits per heavy atom. The molecule has 0 radical (unpaired) electrons. The Labute approximate surface area is 190 Å². The fraction of sp³-hybridized carbons (Fsp3) is 0.261. The van der Waals surface area contributed by atoms with Gasteiger partial charge in [0.1, 0.15) is 5.82 Å². The maximum atomic E-state index is 13.8. The van der Waals surface area contributed by atoms with Gasteiger partial charge in [-0.2, -0.15) is 4.98 Å². The van der Waals surface area contributed by atoms with Gasteiger partial charge < -0.3 is 15.7 Å². The third kappa shape index (κ3) is 4.11. The molecule has 32 heavy (non-hydrogen) atoms. The number of carbonyl (C=O) groups is 1. The van der Waals surface area contributed by atoms with Crippen molar-refractivity contribution in [1.82, 2.24) is 15.3 Å². The number of nitrogens with one attached hydrogen (secondary N) is 2. The van der Waals surface area contributed by atoms with Gasteiger partial charge in [0.25, 0.3) is 0 Å². The average Bonchev–Trinajstić information content (AvgIpc) is 2.74. The lowest BCUT2D eigenvalue weighted by atomic mass is 10.00. The second kappa shape index (κ2) is 8.37. The number of nitrogens with zero attached hydrogens (tertiary/aromatic N) is 3. The molecular formula is C23H23ClFN5O2. The number of aliphatic hydroxyl groups excluding tert-OH is 1. The Morgan fingerprint density at radius 2 is 2.00 bits per heavy atom. The number of aliphatic hydroxyl groups is 1.